The van der Waals surface area contributed by atoms with Crippen molar-refractivity contribution in [3.05, 3.63) is 11.6 Å². The van der Waals surface area contributed by atoms with Gasteiger partial charge in [-0.15, -0.1) is 0 Å². The first kappa shape index (κ1) is 63.8. The molecule has 0 radical (unpaired) electrons. The van der Waals surface area contributed by atoms with Gasteiger partial charge in [-0.3, -0.25) is 4.79 Å². The van der Waals surface area contributed by atoms with Gasteiger partial charge in [0.25, 0.3) is 0 Å². The van der Waals surface area contributed by atoms with Gasteiger partial charge in [0.05, 0.1) is 55.9 Å². The molecule has 81 heavy (non-hydrogen) atoms. The van der Waals surface area contributed by atoms with Crippen LogP contribution in [-0.4, -0.2) is 257 Å². The zero-order valence-corrected chi connectivity index (χ0v) is 48.1. The van der Waals surface area contributed by atoms with Crippen LogP contribution in [0.25, 0.3) is 0 Å². The normalized spacial score (nSPS) is 52.5. The second kappa shape index (κ2) is 25.9. The van der Waals surface area contributed by atoms with Gasteiger partial charge in [-0.1, -0.05) is 25.5 Å². The van der Waals surface area contributed by atoms with E-state index in [2.05, 4.69) is 19.9 Å². The van der Waals surface area contributed by atoms with Gasteiger partial charge in [0.2, 0.25) is 0 Å². The topological polar surface area (TPSA) is 349 Å². The van der Waals surface area contributed by atoms with Gasteiger partial charge in [-0.05, 0) is 101 Å². The largest absolute Gasteiger partial charge is 0.454 e. The molecule has 0 spiro atoms. The molecule has 0 amide bonds. The predicted octanol–water partition coefficient (Wildman–Crippen LogP) is -0.956. The fourth-order valence-electron chi connectivity index (χ4n) is 15.7. The minimum absolute atomic E-state index is 0.114. The van der Waals surface area contributed by atoms with Crippen LogP contribution in [0.5, 0.6) is 0 Å². The Morgan fingerprint density at radius 1 is 0.642 bits per heavy atom. The maximum Gasteiger partial charge on any atom is 0.303 e. The average Bonchev–Trinajstić information content (AvgIpc) is 2.99. The molecule has 0 bridgehead atoms. The van der Waals surface area contributed by atoms with E-state index in [1.807, 2.05) is 13.8 Å². The van der Waals surface area contributed by atoms with E-state index >= 15 is 0 Å². The first-order valence-corrected chi connectivity index (χ1v) is 29.1. The molecule has 1 unspecified atom stereocenters. The second-order valence-electron chi connectivity index (χ2n) is 24.9. The minimum atomic E-state index is -1.78. The number of aliphatic hydroxyl groups is 10. The Hall–Kier alpha value is -1.71. The molecule has 25 heteroatoms. The molecule has 10 N–H and O–H groups in total. The number of carbonyl (C=O) groups excluding carboxylic acids is 1. The molecule has 4 aliphatic carbocycles. The molecule has 0 aromatic carbocycles. The third-order valence-electron chi connectivity index (χ3n) is 20.2. The van der Waals surface area contributed by atoms with E-state index < -0.39 is 190 Å². The number of esters is 1. The zero-order valence-electron chi connectivity index (χ0n) is 48.1. The molecule has 5 aliphatic heterocycles. The number of hydrogen-bond acceptors (Lipinski definition) is 25. The third-order valence-corrected chi connectivity index (χ3v) is 20.2. The van der Waals surface area contributed by atoms with Gasteiger partial charge in [0.15, 0.2) is 37.6 Å². The third kappa shape index (κ3) is 12.3. The monoisotopic (exact) mass is 1160 g/mol. The van der Waals surface area contributed by atoms with Gasteiger partial charge >= 0.3 is 5.97 Å². The number of fused-ring (bicyclic) bond motifs is 5. The zero-order chi connectivity index (χ0) is 58.7. The summed E-state index contributed by atoms with van der Waals surface area (Å²) in [6, 6.07) is 0. The lowest BCUT2D eigenvalue weighted by Crippen LogP contribution is -2.65. The number of aliphatic hydroxyl groups excluding tert-OH is 10. The van der Waals surface area contributed by atoms with Crippen LogP contribution in [0.2, 0.25) is 0 Å². The van der Waals surface area contributed by atoms with Crippen LogP contribution in [-0.2, 0) is 71.1 Å². The molecule has 9 rings (SSSR count). The summed E-state index contributed by atoms with van der Waals surface area (Å²) >= 11 is 0. The molecule has 25 nitrogen and oxygen atoms in total. The van der Waals surface area contributed by atoms with E-state index in [4.69, 9.17) is 66.3 Å². The first-order valence-electron chi connectivity index (χ1n) is 29.1. The maximum absolute atomic E-state index is 12.6. The van der Waals surface area contributed by atoms with Crippen molar-refractivity contribution in [2.45, 2.75) is 266 Å². The number of hydrogen-bond donors (Lipinski definition) is 10. The van der Waals surface area contributed by atoms with Crippen LogP contribution < -0.4 is 0 Å². The molecule has 3 saturated carbocycles. The first-order chi connectivity index (χ1) is 38.4. The van der Waals surface area contributed by atoms with Crippen molar-refractivity contribution in [3.63, 3.8) is 0 Å². The SMILES string of the molecule is CO[C@H]1[C@@H](O)[C@@H](C)O[C@@H](O[C@H]2[C@H](OC[C@H]3O[C@@H](O[C@@H](C)C4[C@H](O)C[C@H]5[C@@H]6CC=C7C[C@@H](O[C@@H]8O[C@H](C)[C@H](O[C@H]9C[C@H](OC)[C@H](O)[C@@H](C)O9)[C@H](OC)[C@H]8OC(C)=O)CC[C@]7(C)[C@H]6CC[C@]45C)[C@H](O)[C@@H](O)[C@@H]3O)O[C@H](CO)[C@@H](O)[C@@H]2O)[C@@H]1O. The van der Waals surface area contributed by atoms with Crippen LogP contribution in [0.1, 0.15) is 99.8 Å². The molecule has 0 aromatic rings. The summed E-state index contributed by atoms with van der Waals surface area (Å²) in [5.41, 5.74) is 0.763. The summed E-state index contributed by atoms with van der Waals surface area (Å²) in [5, 5.41) is 110. The molecule has 0 aromatic heterocycles. The van der Waals surface area contributed by atoms with Crippen LogP contribution >= 0.6 is 0 Å². The van der Waals surface area contributed by atoms with E-state index in [-0.39, 0.29) is 29.8 Å². The summed E-state index contributed by atoms with van der Waals surface area (Å²) in [5.74, 6) is -0.265. The molecule has 33 atom stereocenters. The van der Waals surface area contributed by atoms with Gasteiger partial charge < -0.3 is 117 Å². The van der Waals surface area contributed by atoms with E-state index in [9.17, 15) is 55.9 Å². The van der Waals surface area contributed by atoms with E-state index in [1.165, 1.54) is 40.7 Å². The highest BCUT2D eigenvalue weighted by Gasteiger charge is 2.63. The standard InChI is InChI=1S/C56H92O25/c1-22(73-51-44(66)42(64)41(63)35(79-51)21-71-53-48(43(65)40(62)34(20-57)78-53)81-52-45(67)47(69-9)39(61)24(3)74-52)37-32(59)18-31-29-12-11-27-17-28(13-15-55(27,6)30(29)14-16-56(31,37)7)77-54-50(76-26(5)58)49(70-10)46(25(4)75-54)80-36-19-33(68-8)38(60)23(2)72-36/h11,22-25,28-54,57,59-67H,12-21H2,1-10H3/t22-,23+,24+,25+,28-,29+,30-,31-,32+,33-,34+,35+,36-,37?,38+,39-,40+,41+,42-,43-,44+,45+,46-,47-,48+,49-,50+,51+,52-,53+,54-,55-,56-/m0/s1. The molecule has 5 heterocycles. The summed E-state index contributed by atoms with van der Waals surface area (Å²) in [4.78, 5) is 12.6. The van der Waals surface area contributed by atoms with Crippen LogP contribution in [0.4, 0.5) is 0 Å². The van der Waals surface area contributed by atoms with Crippen LogP contribution in [0.15, 0.2) is 11.6 Å². The second-order valence-corrected chi connectivity index (χ2v) is 24.9. The van der Waals surface area contributed by atoms with Crippen molar-refractivity contribution in [2.24, 2.45) is 34.5 Å². The Kier molecular flexibility index (Phi) is 20.4. The van der Waals surface area contributed by atoms with Crippen molar-refractivity contribution < 1.29 is 122 Å². The van der Waals surface area contributed by atoms with Gasteiger partial charge in [-0.2, -0.15) is 0 Å². The number of methoxy groups -OCH3 is 3. The van der Waals surface area contributed by atoms with Crippen molar-refractivity contribution in [1.82, 2.24) is 0 Å². The molecule has 466 valence electrons. The van der Waals surface area contributed by atoms with Crippen molar-refractivity contribution in [3.8, 4) is 0 Å². The molecule has 5 saturated heterocycles. The predicted molar refractivity (Wildman–Crippen MR) is 276 cm³/mol. The van der Waals surface area contributed by atoms with Gasteiger partial charge in [0, 0.05) is 40.6 Å². The van der Waals surface area contributed by atoms with E-state index in [1.54, 1.807) is 6.92 Å². The van der Waals surface area contributed by atoms with E-state index in [0.29, 0.717) is 18.8 Å². The highest BCUT2D eigenvalue weighted by atomic mass is 16.8. The fourth-order valence-corrected chi connectivity index (χ4v) is 15.7. The molecular formula is C56H92O25. The summed E-state index contributed by atoms with van der Waals surface area (Å²) < 4.78 is 84.4. The Labute approximate surface area is 473 Å². The lowest BCUT2D eigenvalue weighted by Gasteiger charge is -2.58. The highest BCUT2D eigenvalue weighted by molar-refractivity contribution is 5.66. The molecule has 8 fully saturated rings. The highest BCUT2D eigenvalue weighted by Crippen LogP contribution is 2.67. The Morgan fingerprint density at radius 3 is 2.00 bits per heavy atom. The molecular weight excluding hydrogens is 1070 g/mol. The summed E-state index contributed by atoms with van der Waals surface area (Å²) in [6.45, 7) is 11.5. The smallest absolute Gasteiger partial charge is 0.303 e. The average molecular weight is 1170 g/mol. The fraction of sp³-hybridized carbons (Fsp3) is 0.946. The van der Waals surface area contributed by atoms with Crippen molar-refractivity contribution in [2.75, 3.05) is 34.5 Å². The Morgan fingerprint density at radius 2 is 1.32 bits per heavy atom. The quantitative estimate of drug-likeness (QED) is 0.0620. The number of allylic oxidation sites excluding steroid dienone is 1. The van der Waals surface area contributed by atoms with Crippen molar-refractivity contribution >= 4 is 5.97 Å². The Bertz CT molecular complexity index is 2110. The lowest BCUT2D eigenvalue weighted by atomic mass is 9.47. The van der Waals surface area contributed by atoms with Crippen LogP contribution in [0, 0.1) is 34.5 Å². The van der Waals surface area contributed by atoms with E-state index in [0.717, 1.165) is 32.1 Å². The molecule has 9 aliphatic rings. The Balaban J connectivity index is 0.832. The minimum Gasteiger partial charge on any atom is -0.454 e. The maximum atomic E-state index is 12.6. The number of rotatable bonds is 17. The number of ether oxygens (including phenoxy) is 14. The summed E-state index contributed by atoms with van der Waals surface area (Å²) in [7, 11) is 4.33. The summed E-state index contributed by atoms with van der Waals surface area (Å²) in [6.07, 6.45) is -22.9. The van der Waals surface area contributed by atoms with Gasteiger partial charge in [0.1, 0.15) is 85.5 Å². The van der Waals surface area contributed by atoms with Gasteiger partial charge in [-0.25, -0.2) is 0 Å². The lowest BCUT2D eigenvalue weighted by molar-refractivity contribution is -0.372. The number of carbonyl (C=O) groups is 1. The van der Waals surface area contributed by atoms with Crippen LogP contribution in [0.3, 0.4) is 0 Å². The van der Waals surface area contributed by atoms with Crippen molar-refractivity contribution in [1.29, 1.82) is 0 Å².